The average molecular weight is 562 g/mol. The summed E-state index contributed by atoms with van der Waals surface area (Å²) in [6.07, 6.45) is 3.75. The maximum Gasteiger partial charge on any atom is 0.383 e. The van der Waals surface area contributed by atoms with E-state index in [1.165, 1.54) is 13.1 Å². The maximum absolute atomic E-state index is 15.2. The van der Waals surface area contributed by atoms with E-state index in [9.17, 15) is 14.3 Å². The predicted molar refractivity (Wildman–Crippen MR) is 141 cm³/mol. The minimum atomic E-state index is -1.21. The predicted octanol–water partition coefficient (Wildman–Crippen LogP) is 1.33. The second-order valence-corrected chi connectivity index (χ2v) is 10.8. The summed E-state index contributed by atoms with van der Waals surface area (Å²) in [6, 6.07) is 2.76. The fourth-order valence-electron chi connectivity index (χ4n) is 5.61. The van der Waals surface area contributed by atoms with Crippen molar-refractivity contribution in [1.29, 1.82) is 0 Å². The molecule has 1 unspecified atom stereocenters. The molecule has 2 fully saturated rings. The number of nitrogens with zero attached hydrogens (tertiary/aromatic N) is 7. The monoisotopic (exact) mass is 561 g/mol. The Kier molecular flexibility index (Phi) is 7.70. The van der Waals surface area contributed by atoms with Gasteiger partial charge in [0.1, 0.15) is 24.1 Å². The lowest BCUT2D eigenvalue weighted by atomic mass is 9.84. The van der Waals surface area contributed by atoms with Gasteiger partial charge in [-0.2, -0.15) is 4.98 Å². The zero-order valence-electron chi connectivity index (χ0n) is 22.5. The fraction of sp³-hybridized carbons (Fsp3) is 0.560. The molecule has 15 heteroatoms. The smallest absolute Gasteiger partial charge is 0.383 e. The molecule has 4 N–H and O–H groups in total. The van der Waals surface area contributed by atoms with Crippen molar-refractivity contribution < 1.29 is 23.7 Å². The summed E-state index contributed by atoms with van der Waals surface area (Å²) in [5.74, 6) is -1.51. The maximum atomic E-state index is 15.2. The Balaban J connectivity index is 1.41. The Bertz CT molecular complexity index is 1430. The summed E-state index contributed by atoms with van der Waals surface area (Å²) in [4.78, 5) is 23.8. The number of rotatable bonds is 9. The van der Waals surface area contributed by atoms with Crippen LogP contribution < -0.4 is 21.1 Å². The number of benzene rings is 1. The lowest BCUT2D eigenvalue weighted by Crippen LogP contribution is -2.55. The minimum Gasteiger partial charge on any atom is -0.488 e. The number of nitrogens with one attached hydrogen (secondary N) is 2. The van der Waals surface area contributed by atoms with E-state index in [4.69, 9.17) is 9.84 Å². The first-order valence-corrected chi connectivity index (χ1v) is 13.1. The third-order valence-corrected chi connectivity index (χ3v) is 7.47. The number of anilines is 3. The lowest BCUT2D eigenvalue weighted by molar-refractivity contribution is 0.0500. The van der Waals surface area contributed by atoms with Crippen LogP contribution in [-0.4, -0.2) is 88.4 Å². The molecule has 0 saturated carbocycles. The van der Waals surface area contributed by atoms with Crippen molar-refractivity contribution >= 4 is 17.5 Å². The number of ether oxygens (including phenoxy) is 1. The van der Waals surface area contributed by atoms with Crippen molar-refractivity contribution in [1.82, 2.24) is 34.7 Å². The van der Waals surface area contributed by atoms with E-state index in [0.29, 0.717) is 6.04 Å². The van der Waals surface area contributed by atoms with Crippen LogP contribution in [-0.2, 0) is 7.05 Å². The van der Waals surface area contributed by atoms with Gasteiger partial charge in [0, 0.05) is 30.7 Å². The van der Waals surface area contributed by atoms with Crippen LogP contribution >= 0.6 is 0 Å². The zero-order chi connectivity index (χ0) is 28.6. The van der Waals surface area contributed by atoms with Crippen LogP contribution in [0.1, 0.15) is 39.5 Å². The quantitative estimate of drug-likeness (QED) is 0.299. The van der Waals surface area contributed by atoms with Crippen molar-refractivity contribution in [2.75, 3.05) is 30.4 Å². The second kappa shape index (κ2) is 11.1. The standard InChI is InChI=1S/C25H33F2N9O4/c1-25(2)10-14(7-15-5-4-6-35(15)25)29-22-18(27)11-28-23(31-22)30-19-9-20(36-33-32-24(39)34(36)3)21(8-17(19)26)40-13-16(38)12-37/h8-9,11,14-16,37-38H,4-7,10,12-13H2,1-3H3,(H2,28,29,30,31)/t14-,15+,16?/m1/s1. The first kappa shape index (κ1) is 27.9. The van der Waals surface area contributed by atoms with E-state index in [1.807, 2.05) is 0 Å². The fourth-order valence-corrected chi connectivity index (χ4v) is 5.61. The summed E-state index contributed by atoms with van der Waals surface area (Å²) in [6.45, 7) is 4.57. The number of piperidine rings is 1. The van der Waals surface area contributed by atoms with Gasteiger partial charge in [-0.15, -0.1) is 4.80 Å². The average Bonchev–Trinajstić information content (AvgIpc) is 3.52. The van der Waals surface area contributed by atoms with Gasteiger partial charge in [-0.25, -0.2) is 23.2 Å². The first-order chi connectivity index (χ1) is 19.1. The van der Waals surface area contributed by atoms with Crippen molar-refractivity contribution in [3.63, 3.8) is 0 Å². The van der Waals surface area contributed by atoms with Gasteiger partial charge >= 0.3 is 5.69 Å². The molecule has 3 atom stereocenters. The van der Waals surface area contributed by atoms with E-state index in [1.54, 1.807) is 0 Å². The normalized spacial score (nSPS) is 21.2. The summed E-state index contributed by atoms with van der Waals surface area (Å²) < 4.78 is 36.5. The van der Waals surface area contributed by atoms with E-state index < -0.39 is 30.0 Å². The molecule has 4 heterocycles. The molecule has 3 aromatic rings. The molecular weight excluding hydrogens is 528 g/mol. The van der Waals surface area contributed by atoms with E-state index in [2.05, 4.69) is 49.7 Å². The van der Waals surface area contributed by atoms with Crippen LogP contribution in [0.25, 0.3) is 5.69 Å². The molecule has 2 aliphatic rings. The van der Waals surface area contributed by atoms with Crippen molar-refractivity contribution in [2.24, 2.45) is 7.05 Å². The van der Waals surface area contributed by atoms with E-state index in [-0.39, 0.29) is 47.1 Å². The number of aliphatic hydroxyl groups excluding tert-OH is 2. The van der Waals surface area contributed by atoms with Crippen LogP contribution in [0.15, 0.2) is 23.1 Å². The number of halogens is 2. The van der Waals surface area contributed by atoms with E-state index >= 15 is 4.39 Å². The van der Waals surface area contributed by atoms with Crippen LogP contribution in [0, 0.1) is 11.6 Å². The molecule has 216 valence electrons. The van der Waals surface area contributed by atoms with Crippen molar-refractivity contribution in [3.05, 3.63) is 40.4 Å². The third kappa shape index (κ3) is 5.62. The molecule has 1 aromatic carbocycles. The number of fused-ring (bicyclic) bond motifs is 1. The summed E-state index contributed by atoms with van der Waals surface area (Å²) in [7, 11) is 1.41. The number of tetrazole rings is 1. The SMILES string of the molecule is Cn1c(=O)nnn1-c1cc(Nc2ncc(F)c(N[C@@H]3C[C@@H]4CCCN4C(C)(C)C3)n2)c(F)cc1OCC(O)CO. The number of hydrogen-bond donors (Lipinski definition) is 4. The number of aromatic nitrogens is 6. The van der Waals surface area contributed by atoms with Crippen LogP contribution in [0.5, 0.6) is 5.75 Å². The number of aliphatic hydroxyl groups is 2. The third-order valence-electron chi connectivity index (χ3n) is 7.47. The van der Waals surface area contributed by atoms with Gasteiger partial charge in [0.05, 0.1) is 18.5 Å². The highest BCUT2D eigenvalue weighted by molar-refractivity contribution is 5.63. The van der Waals surface area contributed by atoms with Crippen LogP contribution in [0.4, 0.5) is 26.2 Å². The summed E-state index contributed by atoms with van der Waals surface area (Å²) in [5, 5.41) is 32.0. The highest BCUT2D eigenvalue weighted by Gasteiger charge is 2.43. The topological polar surface area (TPSA) is 155 Å². The van der Waals surface area contributed by atoms with E-state index in [0.717, 1.165) is 54.0 Å². The van der Waals surface area contributed by atoms with Gasteiger partial charge in [-0.1, -0.05) is 5.10 Å². The Morgan fingerprint density at radius 2 is 2.08 bits per heavy atom. The van der Waals surface area contributed by atoms with Gasteiger partial charge in [0.25, 0.3) is 0 Å². The molecule has 40 heavy (non-hydrogen) atoms. The zero-order valence-corrected chi connectivity index (χ0v) is 22.5. The first-order valence-electron chi connectivity index (χ1n) is 13.1. The van der Waals surface area contributed by atoms with Gasteiger partial charge < -0.3 is 25.6 Å². The summed E-state index contributed by atoms with van der Waals surface area (Å²) >= 11 is 0. The molecule has 0 bridgehead atoms. The molecule has 2 saturated heterocycles. The molecule has 2 aromatic heterocycles. The van der Waals surface area contributed by atoms with Gasteiger partial charge in [-0.3, -0.25) is 4.90 Å². The van der Waals surface area contributed by atoms with Crippen LogP contribution in [0.2, 0.25) is 0 Å². The van der Waals surface area contributed by atoms with Crippen LogP contribution in [0.3, 0.4) is 0 Å². The number of hydrogen-bond acceptors (Lipinski definition) is 11. The molecule has 5 rings (SSSR count). The largest absolute Gasteiger partial charge is 0.488 e. The Labute approximate surface area is 228 Å². The minimum absolute atomic E-state index is 0.00856. The van der Waals surface area contributed by atoms with Gasteiger partial charge in [0.15, 0.2) is 17.5 Å². The lowest BCUT2D eigenvalue weighted by Gasteiger charge is -2.47. The molecular formula is C25H33F2N9O4. The molecule has 0 amide bonds. The second-order valence-electron chi connectivity index (χ2n) is 10.8. The van der Waals surface area contributed by atoms with Crippen molar-refractivity contribution in [3.8, 4) is 11.4 Å². The Hall–Kier alpha value is -3.69. The van der Waals surface area contributed by atoms with Gasteiger partial charge in [0.2, 0.25) is 5.95 Å². The summed E-state index contributed by atoms with van der Waals surface area (Å²) in [5.41, 5.74) is -0.688. The highest BCUT2D eigenvalue weighted by Crippen LogP contribution is 2.38. The molecule has 0 radical (unpaired) electrons. The molecule has 0 aliphatic carbocycles. The Morgan fingerprint density at radius 1 is 1.27 bits per heavy atom. The Morgan fingerprint density at radius 3 is 2.80 bits per heavy atom. The molecule has 2 aliphatic heterocycles. The van der Waals surface area contributed by atoms with Gasteiger partial charge in [-0.05, 0) is 57.4 Å². The highest BCUT2D eigenvalue weighted by atomic mass is 19.1. The van der Waals surface area contributed by atoms with Crippen molar-refractivity contribution in [2.45, 2.75) is 63.3 Å². The molecule has 13 nitrogen and oxygen atoms in total. The molecule has 0 spiro atoms.